The Morgan fingerprint density at radius 3 is 2.74 bits per heavy atom. The van der Waals surface area contributed by atoms with Gasteiger partial charge in [0.1, 0.15) is 6.61 Å². The van der Waals surface area contributed by atoms with Crippen molar-refractivity contribution in [3.63, 3.8) is 0 Å². The molecular weight excluding hydrogens is 262 g/mol. The second kappa shape index (κ2) is 5.74. The highest BCUT2D eigenvalue weighted by Crippen LogP contribution is 2.31. The van der Waals surface area contributed by atoms with Crippen LogP contribution in [-0.2, 0) is 10.0 Å². The first-order valence-corrected chi connectivity index (χ1v) is 7.75. The molecule has 0 aromatic heterocycles. The van der Waals surface area contributed by atoms with E-state index in [2.05, 4.69) is 11.8 Å². The third-order valence-electron chi connectivity index (χ3n) is 3.02. The zero-order valence-corrected chi connectivity index (χ0v) is 11.7. The maximum absolute atomic E-state index is 12.5. The predicted molar refractivity (Wildman–Crippen MR) is 73.0 cm³/mol. The number of benzene rings is 1. The Bertz CT molecular complexity index is 609. The highest BCUT2D eigenvalue weighted by atomic mass is 32.2. The molecule has 1 aromatic rings. The normalized spacial score (nSPS) is 15.1. The van der Waals surface area contributed by atoms with Crippen molar-refractivity contribution in [2.75, 3.05) is 13.2 Å². The van der Waals surface area contributed by atoms with Crippen LogP contribution >= 0.6 is 0 Å². The van der Waals surface area contributed by atoms with Crippen molar-refractivity contribution in [3.8, 4) is 11.8 Å². The molecule has 0 saturated heterocycles. The van der Waals surface area contributed by atoms with Crippen LogP contribution in [0.3, 0.4) is 0 Å². The Balaban J connectivity index is 2.34. The average Bonchev–Trinajstić information content (AvgIpc) is 3.22. The molecule has 102 valence electrons. The Hall–Kier alpha value is -1.35. The third kappa shape index (κ3) is 3.16. The van der Waals surface area contributed by atoms with Crippen LogP contribution in [0.15, 0.2) is 29.2 Å². The second-order valence-electron chi connectivity index (χ2n) is 4.43. The fourth-order valence-electron chi connectivity index (χ4n) is 2.00. The quantitative estimate of drug-likeness (QED) is 0.843. The standard InChI is InChI=1S/C14H17NO3S/c1-2-15(13-8-9-13)19(17,18)14-7-3-5-12(11-14)6-4-10-16/h3,5,7,11,13,16H,2,8-10H2,1H3. The van der Waals surface area contributed by atoms with Crippen molar-refractivity contribution >= 4 is 10.0 Å². The van der Waals surface area contributed by atoms with E-state index >= 15 is 0 Å². The maximum Gasteiger partial charge on any atom is 0.243 e. The summed E-state index contributed by atoms with van der Waals surface area (Å²) in [5.41, 5.74) is 0.599. The molecule has 1 fully saturated rings. The van der Waals surface area contributed by atoms with Crippen molar-refractivity contribution in [1.82, 2.24) is 4.31 Å². The Kier molecular flexibility index (Phi) is 4.25. The summed E-state index contributed by atoms with van der Waals surface area (Å²) in [6.45, 7) is 2.10. The van der Waals surface area contributed by atoms with E-state index in [1.165, 1.54) is 0 Å². The molecule has 1 aromatic carbocycles. The SMILES string of the molecule is CCN(C1CC1)S(=O)(=O)c1cccc(C#CCO)c1. The minimum Gasteiger partial charge on any atom is -0.384 e. The van der Waals surface area contributed by atoms with Gasteiger partial charge in [-0.2, -0.15) is 4.31 Å². The summed E-state index contributed by atoms with van der Waals surface area (Å²) >= 11 is 0. The maximum atomic E-state index is 12.5. The Morgan fingerprint density at radius 2 is 2.16 bits per heavy atom. The first kappa shape index (κ1) is 14.1. The third-order valence-corrected chi connectivity index (χ3v) is 5.04. The van der Waals surface area contributed by atoms with E-state index in [1.807, 2.05) is 6.92 Å². The molecule has 0 amide bonds. The van der Waals surface area contributed by atoms with Crippen molar-refractivity contribution in [3.05, 3.63) is 29.8 Å². The molecule has 1 aliphatic rings. The molecular formula is C14H17NO3S. The highest BCUT2D eigenvalue weighted by Gasteiger charge is 2.36. The number of rotatable bonds is 4. The fourth-order valence-corrected chi connectivity index (χ4v) is 3.74. The largest absolute Gasteiger partial charge is 0.384 e. The number of hydrogen-bond acceptors (Lipinski definition) is 3. The lowest BCUT2D eigenvalue weighted by atomic mass is 10.2. The van der Waals surface area contributed by atoms with Crippen LogP contribution in [0.4, 0.5) is 0 Å². The van der Waals surface area contributed by atoms with Crippen LogP contribution in [0.25, 0.3) is 0 Å². The minimum absolute atomic E-state index is 0.155. The number of nitrogens with zero attached hydrogens (tertiary/aromatic N) is 1. The van der Waals surface area contributed by atoms with E-state index in [0.717, 1.165) is 12.8 Å². The van der Waals surface area contributed by atoms with Gasteiger partial charge in [-0.05, 0) is 31.0 Å². The van der Waals surface area contributed by atoms with Crippen LogP contribution in [0, 0.1) is 11.8 Å². The second-order valence-corrected chi connectivity index (χ2v) is 6.32. The van der Waals surface area contributed by atoms with Crippen molar-refractivity contribution < 1.29 is 13.5 Å². The zero-order valence-electron chi connectivity index (χ0n) is 10.8. The topological polar surface area (TPSA) is 57.6 Å². The van der Waals surface area contributed by atoms with Gasteiger partial charge >= 0.3 is 0 Å². The fraction of sp³-hybridized carbons (Fsp3) is 0.429. The minimum atomic E-state index is -3.43. The first-order chi connectivity index (χ1) is 9.09. The molecule has 1 N–H and O–H groups in total. The molecule has 0 spiro atoms. The smallest absolute Gasteiger partial charge is 0.243 e. The summed E-state index contributed by atoms with van der Waals surface area (Å²) in [4.78, 5) is 0.269. The molecule has 4 nitrogen and oxygen atoms in total. The van der Waals surface area contributed by atoms with E-state index in [0.29, 0.717) is 12.1 Å². The molecule has 5 heteroatoms. The molecule has 0 unspecified atom stereocenters. The number of aliphatic hydroxyl groups is 1. The summed E-state index contributed by atoms with van der Waals surface area (Å²) in [5, 5.41) is 8.66. The van der Waals surface area contributed by atoms with E-state index in [1.54, 1.807) is 28.6 Å². The first-order valence-electron chi connectivity index (χ1n) is 6.31. The number of aliphatic hydroxyl groups excluding tert-OH is 1. The van der Waals surface area contributed by atoms with E-state index in [4.69, 9.17) is 5.11 Å². The lowest BCUT2D eigenvalue weighted by Gasteiger charge is -2.19. The van der Waals surface area contributed by atoms with Crippen LogP contribution in [0.5, 0.6) is 0 Å². The lowest BCUT2D eigenvalue weighted by Crippen LogP contribution is -2.32. The molecule has 1 aliphatic carbocycles. The van der Waals surface area contributed by atoms with Crippen LogP contribution in [-0.4, -0.2) is 37.0 Å². The average molecular weight is 279 g/mol. The molecule has 0 bridgehead atoms. The highest BCUT2D eigenvalue weighted by molar-refractivity contribution is 7.89. The molecule has 19 heavy (non-hydrogen) atoms. The zero-order chi connectivity index (χ0) is 13.9. The summed E-state index contributed by atoms with van der Waals surface area (Å²) < 4.78 is 26.5. The predicted octanol–water partition coefficient (Wildman–Crippen LogP) is 1.20. The molecule has 0 atom stereocenters. The van der Waals surface area contributed by atoms with Crippen LogP contribution < -0.4 is 0 Å². The summed E-state index contributed by atoms with van der Waals surface area (Å²) in [7, 11) is -3.43. The van der Waals surface area contributed by atoms with E-state index < -0.39 is 10.0 Å². The van der Waals surface area contributed by atoms with Gasteiger partial charge in [0.05, 0.1) is 4.90 Å². The van der Waals surface area contributed by atoms with Crippen molar-refractivity contribution in [1.29, 1.82) is 0 Å². The van der Waals surface area contributed by atoms with E-state index in [9.17, 15) is 8.42 Å². The Labute approximate surface area is 114 Å². The summed E-state index contributed by atoms with van der Waals surface area (Å²) in [6, 6.07) is 6.71. The van der Waals surface area contributed by atoms with Gasteiger partial charge in [0.2, 0.25) is 10.0 Å². The molecule has 1 saturated carbocycles. The van der Waals surface area contributed by atoms with E-state index in [-0.39, 0.29) is 17.5 Å². The molecule has 0 heterocycles. The van der Waals surface area contributed by atoms with Crippen molar-refractivity contribution in [2.24, 2.45) is 0 Å². The van der Waals surface area contributed by atoms with Crippen LogP contribution in [0.2, 0.25) is 0 Å². The molecule has 0 aliphatic heterocycles. The number of hydrogen-bond donors (Lipinski definition) is 1. The summed E-state index contributed by atoms with van der Waals surface area (Å²) in [5.74, 6) is 5.24. The van der Waals surface area contributed by atoms with Crippen LogP contribution in [0.1, 0.15) is 25.3 Å². The molecule has 0 radical (unpaired) electrons. The van der Waals surface area contributed by atoms with Gasteiger partial charge < -0.3 is 5.11 Å². The van der Waals surface area contributed by atoms with Gasteiger partial charge in [-0.3, -0.25) is 0 Å². The monoisotopic (exact) mass is 279 g/mol. The van der Waals surface area contributed by atoms with Gasteiger partial charge in [0, 0.05) is 18.2 Å². The molecule has 2 rings (SSSR count). The van der Waals surface area contributed by atoms with Gasteiger partial charge in [-0.1, -0.05) is 24.8 Å². The number of sulfonamides is 1. The van der Waals surface area contributed by atoms with Gasteiger partial charge in [-0.15, -0.1) is 0 Å². The van der Waals surface area contributed by atoms with Gasteiger partial charge in [-0.25, -0.2) is 8.42 Å². The lowest BCUT2D eigenvalue weighted by molar-refractivity contribution is 0.350. The van der Waals surface area contributed by atoms with Crippen molar-refractivity contribution in [2.45, 2.75) is 30.7 Å². The van der Waals surface area contributed by atoms with Gasteiger partial charge in [0.25, 0.3) is 0 Å². The Morgan fingerprint density at radius 1 is 1.42 bits per heavy atom. The summed E-state index contributed by atoms with van der Waals surface area (Å²) in [6.07, 6.45) is 1.88. The van der Waals surface area contributed by atoms with Gasteiger partial charge in [0.15, 0.2) is 0 Å².